The molecule has 0 amide bonds. The van der Waals surface area contributed by atoms with E-state index < -0.39 is 0 Å². The van der Waals surface area contributed by atoms with E-state index in [-0.39, 0.29) is 0 Å². The number of hydrogen-bond donors (Lipinski definition) is 0. The van der Waals surface area contributed by atoms with Crippen molar-refractivity contribution in [2.45, 2.75) is 33.1 Å². The molecule has 2 rings (SSSR count). The third kappa shape index (κ3) is 1.41. The maximum absolute atomic E-state index is 4.37. The topological polar surface area (TPSA) is 17.3 Å². The lowest BCUT2D eigenvalue weighted by atomic mass is 10.1. The Kier molecular flexibility index (Phi) is 2.28. The number of hydrogen-bond acceptors (Lipinski definition) is 1. The van der Waals surface area contributed by atoms with E-state index in [1.807, 2.05) is 10.7 Å². The van der Waals surface area contributed by atoms with Crippen molar-refractivity contribution in [3.05, 3.63) is 35.7 Å². The van der Waals surface area contributed by atoms with Gasteiger partial charge in [0.1, 0.15) is 0 Å². The van der Waals surface area contributed by atoms with Crippen LogP contribution < -0.4 is 0 Å². The zero-order valence-electron chi connectivity index (χ0n) is 8.99. The average molecular weight is 188 g/mol. The lowest BCUT2D eigenvalue weighted by molar-refractivity contribution is 0.875. The molecule has 0 aliphatic heterocycles. The fraction of sp³-hybridized carbons (Fsp3) is 0.417. The first kappa shape index (κ1) is 9.25. The van der Waals surface area contributed by atoms with Gasteiger partial charge >= 0.3 is 0 Å². The number of rotatable bonds is 2. The van der Waals surface area contributed by atoms with E-state index >= 15 is 0 Å². The molecule has 0 radical (unpaired) electrons. The van der Waals surface area contributed by atoms with Crippen molar-refractivity contribution in [2.24, 2.45) is 0 Å². The average Bonchev–Trinajstić information content (AvgIpc) is 2.59. The summed E-state index contributed by atoms with van der Waals surface area (Å²) in [6.07, 6.45) is 5.15. The van der Waals surface area contributed by atoms with E-state index in [0.29, 0.717) is 5.92 Å². The summed E-state index contributed by atoms with van der Waals surface area (Å²) in [6.45, 7) is 6.56. The van der Waals surface area contributed by atoms with Crippen LogP contribution in [0.25, 0.3) is 5.52 Å². The predicted octanol–water partition coefficient (Wildman–Crippen LogP) is 3.02. The van der Waals surface area contributed by atoms with Gasteiger partial charge in [-0.3, -0.25) is 0 Å². The Morgan fingerprint density at radius 2 is 2.14 bits per heavy atom. The Hall–Kier alpha value is -1.31. The van der Waals surface area contributed by atoms with Crippen LogP contribution in [0.3, 0.4) is 0 Å². The fourth-order valence-electron chi connectivity index (χ4n) is 1.70. The summed E-state index contributed by atoms with van der Waals surface area (Å²) < 4.78 is 1.98. The summed E-state index contributed by atoms with van der Waals surface area (Å²) in [4.78, 5) is 0. The van der Waals surface area contributed by atoms with Crippen molar-refractivity contribution in [3.8, 4) is 0 Å². The largest absolute Gasteiger partial charge is 0.240 e. The molecule has 0 aliphatic rings. The third-order valence-electron chi connectivity index (χ3n) is 2.64. The standard InChI is InChI=1S/C12H16N2/c1-4-10-5-6-12-11(9(2)3)7-13-14(12)8-10/h5-9H,4H2,1-3H3. The number of aryl methyl sites for hydroxylation is 1. The Bertz CT molecular complexity index is 441. The van der Waals surface area contributed by atoms with Crippen LogP contribution in [0, 0.1) is 0 Å². The van der Waals surface area contributed by atoms with Crippen LogP contribution in [-0.2, 0) is 6.42 Å². The van der Waals surface area contributed by atoms with Crippen molar-refractivity contribution in [3.63, 3.8) is 0 Å². The van der Waals surface area contributed by atoms with Crippen molar-refractivity contribution >= 4 is 5.52 Å². The SMILES string of the molecule is CCc1ccc2c(C(C)C)cnn2c1. The van der Waals surface area contributed by atoms with Crippen molar-refractivity contribution in [1.82, 2.24) is 9.61 Å². The van der Waals surface area contributed by atoms with Gasteiger partial charge in [-0.25, -0.2) is 4.52 Å². The molecule has 0 bridgehead atoms. The van der Waals surface area contributed by atoms with E-state index in [2.05, 4.69) is 44.2 Å². The van der Waals surface area contributed by atoms with Gasteiger partial charge in [0, 0.05) is 11.8 Å². The van der Waals surface area contributed by atoms with Crippen LogP contribution in [0.4, 0.5) is 0 Å². The first-order valence-electron chi connectivity index (χ1n) is 5.18. The molecule has 0 aromatic carbocycles. The normalized spacial score (nSPS) is 11.4. The second-order valence-corrected chi connectivity index (χ2v) is 3.98. The van der Waals surface area contributed by atoms with Crippen molar-refractivity contribution in [2.75, 3.05) is 0 Å². The van der Waals surface area contributed by atoms with E-state index in [1.165, 1.54) is 16.6 Å². The summed E-state index contributed by atoms with van der Waals surface area (Å²) in [5.74, 6) is 0.542. The second kappa shape index (κ2) is 3.45. The van der Waals surface area contributed by atoms with Gasteiger partial charge in [0.25, 0.3) is 0 Å². The van der Waals surface area contributed by atoms with Crippen LogP contribution >= 0.6 is 0 Å². The van der Waals surface area contributed by atoms with Gasteiger partial charge in [-0.1, -0.05) is 26.8 Å². The van der Waals surface area contributed by atoms with Gasteiger partial charge in [0.05, 0.1) is 11.7 Å². The smallest absolute Gasteiger partial charge is 0.0696 e. The number of fused-ring (bicyclic) bond motifs is 1. The molecule has 2 nitrogen and oxygen atoms in total. The lowest BCUT2D eigenvalue weighted by Crippen LogP contribution is -1.91. The molecule has 0 atom stereocenters. The maximum Gasteiger partial charge on any atom is 0.0696 e. The van der Waals surface area contributed by atoms with Crippen molar-refractivity contribution in [1.29, 1.82) is 0 Å². The fourth-order valence-corrected chi connectivity index (χ4v) is 1.70. The molecule has 2 aromatic heterocycles. The zero-order valence-corrected chi connectivity index (χ0v) is 8.99. The highest BCUT2D eigenvalue weighted by Crippen LogP contribution is 2.20. The first-order chi connectivity index (χ1) is 6.72. The molecule has 2 heteroatoms. The summed E-state index contributed by atoms with van der Waals surface area (Å²) in [5.41, 5.74) is 3.89. The monoisotopic (exact) mass is 188 g/mol. The molecule has 0 saturated carbocycles. The van der Waals surface area contributed by atoms with Gasteiger partial charge in [-0.2, -0.15) is 5.10 Å². The van der Waals surface area contributed by atoms with Crippen LogP contribution in [0.1, 0.15) is 37.8 Å². The summed E-state index contributed by atoms with van der Waals surface area (Å²) in [5, 5.41) is 4.37. The van der Waals surface area contributed by atoms with E-state index in [1.54, 1.807) is 0 Å². The minimum atomic E-state index is 0.542. The minimum absolute atomic E-state index is 0.542. The lowest BCUT2D eigenvalue weighted by Gasteiger charge is -2.02. The Balaban J connectivity index is 2.59. The molecular formula is C12H16N2. The van der Waals surface area contributed by atoms with Crippen LogP contribution in [0.15, 0.2) is 24.5 Å². The maximum atomic E-state index is 4.37. The van der Waals surface area contributed by atoms with Gasteiger partial charge in [0.15, 0.2) is 0 Å². The van der Waals surface area contributed by atoms with E-state index in [9.17, 15) is 0 Å². The summed E-state index contributed by atoms with van der Waals surface area (Å²) in [6, 6.07) is 4.35. The molecule has 0 spiro atoms. The molecule has 74 valence electrons. The van der Waals surface area contributed by atoms with Crippen LogP contribution in [0.2, 0.25) is 0 Å². The Labute approximate surface area is 84.6 Å². The summed E-state index contributed by atoms with van der Waals surface area (Å²) in [7, 11) is 0. The molecule has 2 aromatic rings. The second-order valence-electron chi connectivity index (χ2n) is 3.98. The van der Waals surface area contributed by atoms with Gasteiger partial charge in [0.2, 0.25) is 0 Å². The first-order valence-corrected chi connectivity index (χ1v) is 5.18. The molecule has 0 N–H and O–H groups in total. The van der Waals surface area contributed by atoms with Crippen LogP contribution in [0.5, 0.6) is 0 Å². The van der Waals surface area contributed by atoms with E-state index in [4.69, 9.17) is 0 Å². The molecule has 2 heterocycles. The highest BCUT2D eigenvalue weighted by atomic mass is 15.2. The molecular weight excluding hydrogens is 172 g/mol. The number of pyridine rings is 1. The Morgan fingerprint density at radius 1 is 1.36 bits per heavy atom. The molecule has 14 heavy (non-hydrogen) atoms. The number of aromatic nitrogens is 2. The molecule has 0 saturated heterocycles. The quantitative estimate of drug-likeness (QED) is 0.708. The minimum Gasteiger partial charge on any atom is -0.240 e. The van der Waals surface area contributed by atoms with Crippen molar-refractivity contribution < 1.29 is 0 Å². The van der Waals surface area contributed by atoms with Gasteiger partial charge in [-0.15, -0.1) is 0 Å². The highest BCUT2D eigenvalue weighted by molar-refractivity contribution is 5.55. The highest BCUT2D eigenvalue weighted by Gasteiger charge is 2.07. The van der Waals surface area contributed by atoms with Gasteiger partial charge < -0.3 is 0 Å². The Morgan fingerprint density at radius 3 is 2.79 bits per heavy atom. The van der Waals surface area contributed by atoms with Crippen LogP contribution in [-0.4, -0.2) is 9.61 Å². The molecule has 0 unspecified atom stereocenters. The molecule has 0 aliphatic carbocycles. The van der Waals surface area contributed by atoms with Gasteiger partial charge in [-0.05, 0) is 24.0 Å². The van der Waals surface area contributed by atoms with E-state index in [0.717, 1.165) is 6.42 Å². The predicted molar refractivity (Wildman–Crippen MR) is 58.7 cm³/mol. The third-order valence-corrected chi connectivity index (χ3v) is 2.64. The number of nitrogens with zero attached hydrogens (tertiary/aromatic N) is 2. The molecule has 0 fully saturated rings. The summed E-state index contributed by atoms with van der Waals surface area (Å²) >= 11 is 0. The zero-order chi connectivity index (χ0) is 10.1.